The molecule has 0 radical (unpaired) electrons. The van der Waals surface area contributed by atoms with Gasteiger partial charge in [0.05, 0.1) is 0 Å². The highest BCUT2D eigenvalue weighted by atomic mass is 16.1. The molecule has 80 valence electrons. The molecule has 0 aliphatic heterocycles. The number of hydrogen-bond acceptors (Lipinski definition) is 6. The minimum atomic E-state index is 0.417. The highest BCUT2D eigenvalue weighted by Gasteiger charge is 1.83. The average Bonchev–Trinajstić information content (AvgIpc) is 2.41. The first-order valence-electron chi connectivity index (χ1n) is 4.29. The van der Waals surface area contributed by atoms with E-state index in [1.54, 1.807) is 12.1 Å². The average molecular weight is 216 g/mol. The van der Waals surface area contributed by atoms with Gasteiger partial charge in [0.1, 0.15) is 24.0 Å². The molecule has 0 aromatic carbocycles. The van der Waals surface area contributed by atoms with Gasteiger partial charge in [-0.1, -0.05) is 0 Å². The van der Waals surface area contributed by atoms with Crippen LogP contribution < -0.4 is 0 Å². The van der Waals surface area contributed by atoms with E-state index in [0.29, 0.717) is 24.0 Å². The Morgan fingerprint density at radius 2 is 1.25 bits per heavy atom. The van der Waals surface area contributed by atoms with Crippen LogP contribution in [0.5, 0.6) is 0 Å². The van der Waals surface area contributed by atoms with Crippen molar-refractivity contribution >= 4 is 12.6 Å². The zero-order valence-electron chi connectivity index (χ0n) is 8.22. The maximum Gasteiger partial charge on any atom is 0.168 e. The molecule has 0 bridgehead atoms. The Kier molecular flexibility index (Phi) is 4.98. The fourth-order valence-electron chi connectivity index (χ4n) is 0.741. The summed E-state index contributed by atoms with van der Waals surface area (Å²) in [6.07, 6.45) is 7.09. The molecule has 0 fully saturated rings. The van der Waals surface area contributed by atoms with Gasteiger partial charge in [0, 0.05) is 12.4 Å². The van der Waals surface area contributed by atoms with Gasteiger partial charge in [-0.2, -0.15) is 0 Å². The van der Waals surface area contributed by atoms with Crippen LogP contribution in [0.3, 0.4) is 0 Å². The minimum Gasteiger partial charge on any atom is -0.296 e. The lowest BCUT2D eigenvalue weighted by Crippen LogP contribution is -1.83. The van der Waals surface area contributed by atoms with Crippen molar-refractivity contribution in [2.45, 2.75) is 0 Å². The van der Waals surface area contributed by atoms with Crippen LogP contribution in [0.25, 0.3) is 0 Å². The zero-order chi connectivity index (χ0) is 11.6. The summed E-state index contributed by atoms with van der Waals surface area (Å²) in [5.74, 6) is 0. The van der Waals surface area contributed by atoms with Crippen LogP contribution in [0, 0.1) is 0 Å². The molecule has 6 nitrogen and oxygen atoms in total. The van der Waals surface area contributed by atoms with Crippen molar-refractivity contribution in [3.63, 3.8) is 0 Å². The maximum absolute atomic E-state index is 9.92. The van der Waals surface area contributed by atoms with E-state index in [4.69, 9.17) is 0 Å². The van der Waals surface area contributed by atoms with Crippen LogP contribution in [0.4, 0.5) is 0 Å². The first-order valence-corrected chi connectivity index (χ1v) is 4.29. The molecule has 0 unspecified atom stereocenters. The van der Waals surface area contributed by atoms with Crippen molar-refractivity contribution < 1.29 is 9.59 Å². The number of carbonyl (C=O) groups excluding carboxylic acids is 2. The molecule has 16 heavy (non-hydrogen) atoms. The number of rotatable bonds is 2. The van der Waals surface area contributed by atoms with E-state index in [2.05, 4.69) is 19.9 Å². The van der Waals surface area contributed by atoms with E-state index in [9.17, 15) is 9.59 Å². The molecule has 2 rings (SSSR count). The van der Waals surface area contributed by atoms with Crippen LogP contribution >= 0.6 is 0 Å². The van der Waals surface area contributed by atoms with Crippen molar-refractivity contribution in [2.24, 2.45) is 0 Å². The van der Waals surface area contributed by atoms with E-state index in [1.165, 1.54) is 25.0 Å². The molecule has 2 aromatic rings. The lowest BCUT2D eigenvalue weighted by molar-refractivity contribution is 0.111. The summed E-state index contributed by atoms with van der Waals surface area (Å²) in [7, 11) is 0. The fourth-order valence-corrected chi connectivity index (χ4v) is 0.741. The molecule has 0 saturated heterocycles. The summed E-state index contributed by atoms with van der Waals surface area (Å²) in [6.45, 7) is 0. The Balaban J connectivity index is 0.000000160. The number of hydrogen-bond donors (Lipinski definition) is 0. The monoisotopic (exact) mass is 216 g/mol. The smallest absolute Gasteiger partial charge is 0.168 e. The minimum absolute atomic E-state index is 0.417. The van der Waals surface area contributed by atoms with Crippen molar-refractivity contribution in [2.75, 3.05) is 0 Å². The SMILES string of the molecule is O=Cc1ccncn1.O=Cc1ccncn1. The van der Waals surface area contributed by atoms with Gasteiger partial charge < -0.3 is 0 Å². The quantitative estimate of drug-likeness (QED) is 0.682. The number of carbonyl (C=O) groups is 2. The second-order valence-corrected chi connectivity index (χ2v) is 2.50. The molecular weight excluding hydrogens is 208 g/mol. The molecule has 6 heteroatoms. The molecule has 0 atom stereocenters. The summed E-state index contributed by atoms with van der Waals surface area (Å²) < 4.78 is 0. The third kappa shape index (κ3) is 4.14. The highest BCUT2D eigenvalue weighted by molar-refractivity contribution is 5.71. The van der Waals surface area contributed by atoms with E-state index in [1.807, 2.05) is 0 Å². The third-order valence-corrected chi connectivity index (χ3v) is 1.45. The largest absolute Gasteiger partial charge is 0.296 e. The Labute approximate surface area is 91.4 Å². The molecule has 0 saturated carbocycles. The van der Waals surface area contributed by atoms with Crippen molar-refractivity contribution in [3.05, 3.63) is 48.6 Å². The second-order valence-electron chi connectivity index (χ2n) is 2.50. The summed E-state index contributed by atoms with van der Waals surface area (Å²) in [5, 5.41) is 0. The summed E-state index contributed by atoms with van der Waals surface area (Å²) in [5.41, 5.74) is 0.833. The molecule has 0 aliphatic carbocycles. The fraction of sp³-hybridized carbons (Fsp3) is 0. The Bertz CT molecular complexity index is 390. The molecule has 2 aromatic heterocycles. The van der Waals surface area contributed by atoms with Gasteiger partial charge in [-0.3, -0.25) is 9.59 Å². The molecule has 0 N–H and O–H groups in total. The van der Waals surface area contributed by atoms with Gasteiger partial charge >= 0.3 is 0 Å². The first-order chi connectivity index (χ1) is 7.86. The second kappa shape index (κ2) is 6.88. The van der Waals surface area contributed by atoms with Crippen molar-refractivity contribution in [1.82, 2.24) is 19.9 Å². The number of aromatic nitrogens is 4. The number of aldehydes is 2. The lowest BCUT2D eigenvalue weighted by Gasteiger charge is -1.80. The molecule has 0 amide bonds. The molecule has 0 spiro atoms. The van der Waals surface area contributed by atoms with E-state index in [-0.39, 0.29) is 0 Å². The topological polar surface area (TPSA) is 85.7 Å². The van der Waals surface area contributed by atoms with Crippen LogP contribution in [0.15, 0.2) is 37.2 Å². The van der Waals surface area contributed by atoms with Crippen LogP contribution in [0.2, 0.25) is 0 Å². The van der Waals surface area contributed by atoms with Crippen molar-refractivity contribution in [1.29, 1.82) is 0 Å². The van der Waals surface area contributed by atoms with E-state index < -0.39 is 0 Å². The lowest BCUT2D eigenvalue weighted by atomic mass is 10.5. The van der Waals surface area contributed by atoms with Crippen LogP contribution in [-0.4, -0.2) is 32.5 Å². The predicted molar refractivity (Wildman–Crippen MR) is 54.8 cm³/mol. The maximum atomic E-state index is 9.92. The van der Waals surface area contributed by atoms with E-state index in [0.717, 1.165) is 0 Å². The normalized spacial score (nSPS) is 8.50. The Morgan fingerprint density at radius 3 is 1.44 bits per heavy atom. The first kappa shape index (κ1) is 11.6. The Morgan fingerprint density at radius 1 is 0.812 bits per heavy atom. The van der Waals surface area contributed by atoms with Gasteiger partial charge in [0.15, 0.2) is 12.6 Å². The molecular formula is C10H8N4O2. The zero-order valence-corrected chi connectivity index (χ0v) is 8.22. The van der Waals surface area contributed by atoms with E-state index >= 15 is 0 Å². The third-order valence-electron chi connectivity index (χ3n) is 1.45. The highest BCUT2D eigenvalue weighted by Crippen LogP contribution is 1.82. The van der Waals surface area contributed by atoms with Crippen LogP contribution in [-0.2, 0) is 0 Å². The van der Waals surface area contributed by atoms with Crippen molar-refractivity contribution in [3.8, 4) is 0 Å². The summed E-state index contributed by atoms with van der Waals surface area (Å²) >= 11 is 0. The van der Waals surface area contributed by atoms with Gasteiger partial charge in [-0.25, -0.2) is 19.9 Å². The van der Waals surface area contributed by atoms with Gasteiger partial charge in [-0.15, -0.1) is 0 Å². The number of nitrogens with zero attached hydrogens (tertiary/aromatic N) is 4. The van der Waals surface area contributed by atoms with Gasteiger partial charge in [0.25, 0.3) is 0 Å². The molecule has 0 aliphatic rings. The standard InChI is InChI=1S/2C5H4N2O/c2*8-3-5-1-2-6-4-7-5/h2*1-4H. The predicted octanol–water partition coefficient (Wildman–Crippen LogP) is 0.578. The van der Waals surface area contributed by atoms with Gasteiger partial charge in [-0.05, 0) is 12.1 Å². The molecule has 2 heterocycles. The van der Waals surface area contributed by atoms with Gasteiger partial charge in [0.2, 0.25) is 0 Å². The Hall–Kier alpha value is -2.50. The van der Waals surface area contributed by atoms with Crippen LogP contribution in [0.1, 0.15) is 21.0 Å². The summed E-state index contributed by atoms with van der Waals surface area (Å²) in [6, 6.07) is 3.10. The summed E-state index contributed by atoms with van der Waals surface area (Å²) in [4.78, 5) is 34.3.